The highest BCUT2D eigenvalue weighted by Gasteiger charge is 2.34. The highest BCUT2D eigenvalue weighted by atomic mass is 16.5. The quantitative estimate of drug-likeness (QED) is 0.408. The second-order valence-electron chi connectivity index (χ2n) is 10.5. The predicted molar refractivity (Wildman–Crippen MR) is 138 cm³/mol. The van der Waals surface area contributed by atoms with E-state index < -0.39 is 0 Å². The summed E-state index contributed by atoms with van der Waals surface area (Å²) < 4.78 is 11.8. The maximum atomic E-state index is 6.17. The van der Waals surface area contributed by atoms with Crippen LogP contribution in [0.3, 0.4) is 0 Å². The summed E-state index contributed by atoms with van der Waals surface area (Å²) in [6, 6.07) is 11.6. The SMILES string of the molecule is COc1cccc(CN(C)C2CC(OCCCCCc3ccc4c(n3)NCCC4)C2)c1C1CC1. The monoisotopic (exact) mass is 463 g/mol. The number of aromatic nitrogens is 1. The van der Waals surface area contributed by atoms with Crippen molar-refractivity contribution in [3.63, 3.8) is 0 Å². The van der Waals surface area contributed by atoms with Gasteiger partial charge in [0.25, 0.3) is 0 Å². The molecule has 5 nitrogen and oxygen atoms in total. The zero-order chi connectivity index (χ0) is 23.3. The molecule has 2 saturated carbocycles. The Morgan fingerprint density at radius 3 is 2.79 bits per heavy atom. The van der Waals surface area contributed by atoms with Crippen LogP contribution in [0.5, 0.6) is 5.75 Å². The second-order valence-corrected chi connectivity index (χ2v) is 10.5. The number of ether oxygens (including phenoxy) is 2. The lowest BCUT2D eigenvalue weighted by Crippen LogP contribution is -2.46. The fraction of sp³-hybridized carbons (Fsp3) is 0.621. The van der Waals surface area contributed by atoms with Crippen LogP contribution in [0.4, 0.5) is 5.82 Å². The van der Waals surface area contributed by atoms with Gasteiger partial charge in [0.05, 0.1) is 13.2 Å². The Balaban J connectivity index is 0.969. The molecule has 5 heteroatoms. The topological polar surface area (TPSA) is 46.6 Å². The van der Waals surface area contributed by atoms with Crippen molar-refractivity contribution >= 4 is 5.82 Å². The van der Waals surface area contributed by atoms with Gasteiger partial charge in [-0.1, -0.05) is 24.6 Å². The Morgan fingerprint density at radius 2 is 1.97 bits per heavy atom. The summed E-state index contributed by atoms with van der Waals surface area (Å²) in [6.45, 7) is 2.95. The second kappa shape index (κ2) is 11.1. The molecule has 0 amide bonds. The van der Waals surface area contributed by atoms with Crippen molar-refractivity contribution in [2.75, 3.05) is 32.6 Å². The van der Waals surface area contributed by atoms with Crippen molar-refractivity contribution in [2.45, 2.75) is 88.8 Å². The minimum absolute atomic E-state index is 0.439. The third-order valence-electron chi connectivity index (χ3n) is 7.86. The molecule has 3 aliphatic rings. The van der Waals surface area contributed by atoms with Crippen LogP contribution in [0.2, 0.25) is 0 Å². The minimum atomic E-state index is 0.439. The molecule has 0 saturated heterocycles. The Bertz CT molecular complexity index is 952. The number of benzene rings is 1. The lowest BCUT2D eigenvalue weighted by Gasteiger charge is -2.41. The summed E-state index contributed by atoms with van der Waals surface area (Å²) in [7, 11) is 4.06. The van der Waals surface area contributed by atoms with Crippen LogP contribution in [-0.4, -0.2) is 49.3 Å². The minimum Gasteiger partial charge on any atom is -0.496 e. The van der Waals surface area contributed by atoms with Gasteiger partial charge in [0.1, 0.15) is 11.6 Å². The van der Waals surface area contributed by atoms with E-state index in [9.17, 15) is 0 Å². The number of hydrogen-bond acceptors (Lipinski definition) is 5. The molecule has 2 heterocycles. The number of nitrogens with one attached hydrogen (secondary N) is 1. The number of pyridine rings is 1. The molecule has 2 aliphatic carbocycles. The average molecular weight is 464 g/mol. The summed E-state index contributed by atoms with van der Waals surface area (Å²) in [5.41, 5.74) is 5.49. The molecule has 0 spiro atoms. The molecule has 1 aliphatic heterocycles. The predicted octanol–water partition coefficient (Wildman–Crippen LogP) is 5.72. The summed E-state index contributed by atoms with van der Waals surface area (Å²) in [5, 5.41) is 3.44. The van der Waals surface area contributed by atoms with Gasteiger partial charge < -0.3 is 14.8 Å². The Labute approximate surface area is 205 Å². The summed E-state index contributed by atoms with van der Waals surface area (Å²) in [5.74, 6) is 2.89. The molecular weight excluding hydrogens is 422 g/mol. The maximum Gasteiger partial charge on any atom is 0.129 e. The standard InChI is InChI=1S/C29H41N3O2/c1-32(20-23-8-6-11-27(33-2)28(23)21-12-13-21)25-18-26(19-25)34-17-5-3-4-10-24-15-14-22-9-7-16-30-29(22)31-24/h6,8,11,14-15,21,25-26H,3-5,7,9-10,12-13,16-20H2,1-2H3,(H,30,31). The number of methoxy groups -OCH3 is 1. The molecule has 1 aromatic carbocycles. The van der Waals surface area contributed by atoms with E-state index in [4.69, 9.17) is 14.5 Å². The van der Waals surface area contributed by atoms with Crippen LogP contribution in [-0.2, 0) is 24.1 Å². The fourth-order valence-electron chi connectivity index (χ4n) is 5.52. The van der Waals surface area contributed by atoms with E-state index >= 15 is 0 Å². The number of anilines is 1. The van der Waals surface area contributed by atoms with Gasteiger partial charge in [-0.2, -0.15) is 0 Å². The Morgan fingerprint density at radius 1 is 1.09 bits per heavy atom. The maximum absolute atomic E-state index is 6.17. The van der Waals surface area contributed by atoms with Crippen molar-refractivity contribution in [1.82, 2.24) is 9.88 Å². The first-order chi connectivity index (χ1) is 16.7. The molecule has 1 aromatic heterocycles. The summed E-state index contributed by atoms with van der Waals surface area (Å²) in [6.07, 6.45) is 12.4. The van der Waals surface area contributed by atoms with E-state index in [2.05, 4.69) is 47.6 Å². The first kappa shape index (κ1) is 23.6. The highest BCUT2D eigenvalue weighted by Crippen LogP contribution is 2.46. The van der Waals surface area contributed by atoms with Gasteiger partial charge >= 0.3 is 0 Å². The van der Waals surface area contributed by atoms with Crippen molar-refractivity contribution in [1.29, 1.82) is 0 Å². The van der Waals surface area contributed by atoms with Gasteiger partial charge in [0, 0.05) is 37.0 Å². The molecule has 0 atom stereocenters. The number of aryl methyl sites for hydroxylation is 2. The molecule has 0 bridgehead atoms. The molecule has 34 heavy (non-hydrogen) atoms. The smallest absolute Gasteiger partial charge is 0.129 e. The van der Waals surface area contributed by atoms with Crippen LogP contribution >= 0.6 is 0 Å². The van der Waals surface area contributed by atoms with Crippen molar-refractivity contribution < 1.29 is 9.47 Å². The number of nitrogens with zero attached hydrogens (tertiary/aromatic N) is 2. The number of unbranched alkanes of at least 4 members (excludes halogenated alkanes) is 2. The van der Waals surface area contributed by atoms with Crippen molar-refractivity contribution in [3.8, 4) is 5.75 Å². The van der Waals surface area contributed by atoms with Crippen molar-refractivity contribution in [2.24, 2.45) is 0 Å². The van der Waals surface area contributed by atoms with Crippen molar-refractivity contribution in [3.05, 3.63) is 52.7 Å². The molecule has 184 valence electrons. The van der Waals surface area contributed by atoms with Crippen LogP contribution < -0.4 is 10.1 Å². The van der Waals surface area contributed by atoms with Crippen LogP contribution in [0.25, 0.3) is 0 Å². The number of fused-ring (bicyclic) bond motifs is 1. The van der Waals surface area contributed by atoms with Gasteiger partial charge in [-0.25, -0.2) is 4.98 Å². The molecule has 2 aromatic rings. The Hall–Kier alpha value is -2.11. The highest BCUT2D eigenvalue weighted by molar-refractivity contribution is 5.47. The van der Waals surface area contributed by atoms with Gasteiger partial charge in [0.15, 0.2) is 0 Å². The van der Waals surface area contributed by atoms with E-state index in [1.165, 1.54) is 54.5 Å². The summed E-state index contributed by atoms with van der Waals surface area (Å²) >= 11 is 0. The number of hydrogen-bond donors (Lipinski definition) is 1. The molecule has 2 fully saturated rings. The lowest BCUT2D eigenvalue weighted by atomic mass is 9.87. The zero-order valence-corrected chi connectivity index (χ0v) is 21.0. The average Bonchev–Trinajstić information content (AvgIpc) is 3.67. The van der Waals surface area contributed by atoms with E-state index in [1.54, 1.807) is 7.11 Å². The molecule has 0 radical (unpaired) electrons. The number of rotatable bonds is 12. The van der Waals surface area contributed by atoms with E-state index in [0.29, 0.717) is 18.1 Å². The van der Waals surface area contributed by atoms with E-state index in [0.717, 1.165) is 63.4 Å². The van der Waals surface area contributed by atoms with Gasteiger partial charge in [-0.3, -0.25) is 4.90 Å². The lowest BCUT2D eigenvalue weighted by molar-refractivity contribution is -0.0479. The van der Waals surface area contributed by atoms with Crippen LogP contribution in [0.1, 0.15) is 79.7 Å². The van der Waals surface area contributed by atoms with Crippen LogP contribution in [0.15, 0.2) is 30.3 Å². The third-order valence-corrected chi connectivity index (χ3v) is 7.86. The largest absolute Gasteiger partial charge is 0.496 e. The van der Waals surface area contributed by atoms with Crippen LogP contribution in [0, 0.1) is 0 Å². The molecule has 1 N–H and O–H groups in total. The normalized spacial score (nSPS) is 21.6. The van der Waals surface area contributed by atoms with Gasteiger partial charge in [-0.15, -0.1) is 0 Å². The van der Waals surface area contributed by atoms with Gasteiger partial charge in [-0.05, 0) is 94.0 Å². The van der Waals surface area contributed by atoms with E-state index in [1.807, 2.05) is 0 Å². The molecule has 5 rings (SSSR count). The van der Waals surface area contributed by atoms with Gasteiger partial charge in [0.2, 0.25) is 0 Å². The fourth-order valence-corrected chi connectivity index (χ4v) is 5.52. The summed E-state index contributed by atoms with van der Waals surface area (Å²) in [4.78, 5) is 7.33. The molecule has 0 unspecified atom stereocenters. The first-order valence-electron chi connectivity index (χ1n) is 13.4. The molecular formula is C29H41N3O2. The Kier molecular flexibility index (Phi) is 7.70. The van der Waals surface area contributed by atoms with E-state index in [-0.39, 0.29) is 0 Å². The zero-order valence-electron chi connectivity index (χ0n) is 21.0. The first-order valence-corrected chi connectivity index (χ1v) is 13.4. The third kappa shape index (κ3) is 5.75.